The first-order valence-electron chi connectivity index (χ1n) is 7.65. The van der Waals surface area contributed by atoms with Crippen LogP contribution in [-0.4, -0.2) is 19.5 Å². The fourth-order valence-electron chi connectivity index (χ4n) is 2.75. The Labute approximate surface area is 142 Å². The van der Waals surface area contributed by atoms with E-state index in [1.807, 2.05) is 36.4 Å². The van der Waals surface area contributed by atoms with Crippen molar-refractivity contribution in [2.45, 2.75) is 19.9 Å². The van der Waals surface area contributed by atoms with Crippen LogP contribution in [0.3, 0.4) is 0 Å². The van der Waals surface area contributed by atoms with E-state index in [9.17, 15) is 0 Å². The van der Waals surface area contributed by atoms with Crippen molar-refractivity contribution < 1.29 is 0 Å². The van der Waals surface area contributed by atoms with Crippen LogP contribution in [0.25, 0.3) is 33.7 Å². The molecule has 0 aliphatic rings. The summed E-state index contributed by atoms with van der Waals surface area (Å²) in [5.41, 5.74) is 4.41. The van der Waals surface area contributed by atoms with Gasteiger partial charge in [0.25, 0.3) is 0 Å². The molecule has 0 spiro atoms. The van der Waals surface area contributed by atoms with Crippen LogP contribution in [-0.2, 0) is 6.54 Å². The van der Waals surface area contributed by atoms with Crippen LogP contribution in [0.4, 0.5) is 0 Å². The first-order chi connectivity index (χ1) is 11.3. The SMILES string of the molecule is CCCn1c(-c2ccc(Br)cc2)nc2nc3ccccc3nc21. The molecule has 4 nitrogen and oxygen atoms in total. The molecule has 0 bridgehead atoms. The van der Waals surface area contributed by atoms with E-state index < -0.39 is 0 Å². The van der Waals surface area contributed by atoms with E-state index in [0.717, 1.165) is 45.5 Å². The maximum absolute atomic E-state index is 4.79. The highest BCUT2D eigenvalue weighted by molar-refractivity contribution is 9.10. The number of hydrogen-bond donors (Lipinski definition) is 0. The third-order valence-electron chi connectivity index (χ3n) is 3.81. The minimum atomic E-state index is 0.704. The van der Waals surface area contributed by atoms with Crippen molar-refractivity contribution in [2.24, 2.45) is 0 Å². The lowest BCUT2D eigenvalue weighted by molar-refractivity contribution is 0.699. The van der Waals surface area contributed by atoms with Gasteiger partial charge in [0.1, 0.15) is 5.82 Å². The summed E-state index contributed by atoms with van der Waals surface area (Å²) >= 11 is 3.48. The van der Waals surface area contributed by atoms with E-state index in [1.165, 1.54) is 0 Å². The van der Waals surface area contributed by atoms with Crippen LogP contribution >= 0.6 is 15.9 Å². The topological polar surface area (TPSA) is 43.6 Å². The van der Waals surface area contributed by atoms with Crippen molar-refractivity contribution in [2.75, 3.05) is 0 Å². The van der Waals surface area contributed by atoms with Crippen LogP contribution < -0.4 is 0 Å². The van der Waals surface area contributed by atoms with Gasteiger partial charge in [-0.3, -0.25) is 0 Å². The minimum absolute atomic E-state index is 0.704. The highest BCUT2D eigenvalue weighted by Crippen LogP contribution is 2.26. The number of aryl methyl sites for hydroxylation is 1. The van der Waals surface area contributed by atoms with Gasteiger partial charge in [0.2, 0.25) is 0 Å². The second-order valence-corrected chi connectivity index (χ2v) is 6.37. The lowest BCUT2D eigenvalue weighted by atomic mass is 10.2. The molecule has 2 aromatic carbocycles. The van der Waals surface area contributed by atoms with Gasteiger partial charge in [0.15, 0.2) is 11.3 Å². The zero-order valence-corrected chi connectivity index (χ0v) is 14.3. The summed E-state index contributed by atoms with van der Waals surface area (Å²) < 4.78 is 3.22. The van der Waals surface area contributed by atoms with Crippen LogP contribution in [0.2, 0.25) is 0 Å². The van der Waals surface area contributed by atoms with Crippen molar-refractivity contribution in [3.05, 3.63) is 53.0 Å². The van der Waals surface area contributed by atoms with Gasteiger partial charge >= 0.3 is 0 Å². The molecule has 0 N–H and O–H groups in total. The lowest BCUT2D eigenvalue weighted by Gasteiger charge is -2.07. The molecule has 4 rings (SSSR count). The van der Waals surface area contributed by atoms with Gasteiger partial charge < -0.3 is 4.57 Å². The maximum Gasteiger partial charge on any atom is 0.198 e. The number of benzene rings is 2. The number of para-hydroxylation sites is 2. The third kappa shape index (κ3) is 2.51. The number of nitrogens with zero attached hydrogens (tertiary/aromatic N) is 4. The molecule has 4 aromatic rings. The number of hydrogen-bond acceptors (Lipinski definition) is 3. The van der Waals surface area contributed by atoms with E-state index in [2.05, 4.69) is 44.5 Å². The van der Waals surface area contributed by atoms with Crippen molar-refractivity contribution in [1.29, 1.82) is 0 Å². The highest BCUT2D eigenvalue weighted by atomic mass is 79.9. The monoisotopic (exact) mass is 366 g/mol. The van der Waals surface area contributed by atoms with Crippen LogP contribution in [0.5, 0.6) is 0 Å². The Morgan fingerprint density at radius 2 is 1.61 bits per heavy atom. The maximum atomic E-state index is 4.79. The fraction of sp³-hybridized carbons (Fsp3) is 0.167. The Hall–Kier alpha value is -2.27. The molecular formula is C18H15BrN4. The Morgan fingerprint density at radius 1 is 0.913 bits per heavy atom. The van der Waals surface area contributed by atoms with E-state index in [0.29, 0.717) is 5.65 Å². The predicted octanol–water partition coefficient (Wildman–Crippen LogP) is 4.82. The number of imidazole rings is 1. The van der Waals surface area contributed by atoms with Gasteiger partial charge in [0.05, 0.1) is 11.0 Å². The average Bonchev–Trinajstić information content (AvgIpc) is 2.92. The van der Waals surface area contributed by atoms with Crippen molar-refractivity contribution in [3.8, 4) is 11.4 Å². The molecule has 0 saturated heterocycles. The van der Waals surface area contributed by atoms with Crippen LogP contribution in [0.15, 0.2) is 53.0 Å². The van der Waals surface area contributed by atoms with Gasteiger partial charge in [-0.25, -0.2) is 15.0 Å². The Morgan fingerprint density at radius 3 is 2.30 bits per heavy atom. The van der Waals surface area contributed by atoms with Crippen LogP contribution in [0, 0.1) is 0 Å². The average molecular weight is 367 g/mol. The molecule has 0 unspecified atom stereocenters. The zero-order valence-electron chi connectivity index (χ0n) is 12.7. The van der Waals surface area contributed by atoms with Crippen LogP contribution in [0.1, 0.15) is 13.3 Å². The highest BCUT2D eigenvalue weighted by Gasteiger charge is 2.15. The normalized spacial score (nSPS) is 11.4. The Kier molecular flexibility index (Phi) is 3.58. The van der Waals surface area contributed by atoms with Gasteiger partial charge in [0, 0.05) is 16.6 Å². The van der Waals surface area contributed by atoms with Gasteiger partial charge in [-0.05, 0) is 30.7 Å². The molecule has 0 radical (unpaired) electrons. The molecule has 0 aliphatic carbocycles. The fourth-order valence-corrected chi connectivity index (χ4v) is 3.02. The molecule has 0 fully saturated rings. The molecule has 2 heterocycles. The smallest absolute Gasteiger partial charge is 0.198 e. The van der Waals surface area contributed by atoms with E-state index in [-0.39, 0.29) is 0 Å². The summed E-state index contributed by atoms with van der Waals surface area (Å²) in [6, 6.07) is 16.1. The molecule has 114 valence electrons. The second kappa shape index (κ2) is 5.74. The molecule has 23 heavy (non-hydrogen) atoms. The van der Waals surface area contributed by atoms with Crippen molar-refractivity contribution in [3.63, 3.8) is 0 Å². The molecule has 5 heteroatoms. The summed E-state index contributed by atoms with van der Waals surface area (Å²) in [6.45, 7) is 3.03. The van der Waals surface area contributed by atoms with E-state index >= 15 is 0 Å². The molecule has 2 aromatic heterocycles. The molecule has 0 saturated carbocycles. The lowest BCUT2D eigenvalue weighted by Crippen LogP contribution is -2.01. The predicted molar refractivity (Wildman–Crippen MR) is 96.3 cm³/mol. The number of rotatable bonds is 3. The summed E-state index contributed by atoms with van der Waals surface area (Å²) in [7, 11) is 0. The number of aromatic nitrogens is 4. The summed E-state index contributed by atoms with van der Waals surface area (Å²) in [5.74, 6) is 0.921. The van der Waals surface area contributed by atoms with E-state index in [4.69, 9.17) is 9.97 Å². The van der Waals surface area contributed by atoms with Gasteiger partial charge in [-0.1, -0.05) is 47.1 Å². The zero-order chi connectivity index (χ0) is 15.8. The summed E-state index contributed by atoms with van der Waals surface area (Å²) in [6.07, 6.45) is 1.02. The molecule has 0 atom stereocenters. The molecular weight excluding hydrogens is 352 g/mol. The largest absolute Gasteiger partial charge is 0.307 e. The first-order valence-corrected chi connectivity index (χ1v) is 8.44. The van der Waals surface area contributed by atoms with Crippen molar-refractivity contribution in [1.82, 2.24) is 19.5 Å². The van der Waals surface area contributed by atoms with Gasteiger partial charge in [-0.15, -0.1) is 0 Å². The third-order valence-corrected chi connectivity index (χ3v) is 4.34. The van der Waals surface area contributed by atoms with Crippen molar-refractivity contribution >= 4 is 38.3 Å². The second-order valence-electron chi connectivity index (χ2n) is 5.45. The number of halogens is 1. The van der Waals surface area contributed by atoms with E-state index in [1.54, 1.807) is 0 Å². The molecule has 0 amide bonds. The first kappa shape index (κ1) is 14.3. The Balaban J connectivity index is 2.00. The quantitative estimate of drug-likeness (QED) is 0.522. The Bertz CT molecular complexity index is 989. The molecule has 0 aliphatic heterocycles. The summed E-state index contributed by atoms with van der Waals surface area (Å²) in [4.78, 5) is 14.2. The standard InChI is InChI=1S/C18H15BrN4/c1-2-11-23-17(12-7-9-13(19)10-8-12)22-16-18(23)21-15-6-4-3-5-14(15)20-16/h3-10H,2,11H2,1H3. The minimum Gasteiger partial charge on any atom is -0.307 e. The summed E-state index contributed by atoms with van der Waals surface area (Å²) in [5, 5.41) is 0. The number of fused-ring (bicyclic) bond motifs is 2. The van der Waals surface area contributed by atoms with Gasteiger partial charge in [-0.2, -0.15) is 0 Å².